The number of carbonyl (C=O) groups is 1. The third-order valence-electron chi connectivity index (χ3n) is 4.43. The van der Waals surface area contributed by atoms with Gasteiger partial charge >= 0.3 is 0 Å². The van der Waals surface area contributed by atoms with Gasteiger partial charge in [-0.15, -0.1) is 11.3 Å². The molecule has 0 atom stereocenters. The first kappa shape index (κ1) is 19.1. The van der Waals surface area contributed by atoms with Crippen LogP contribution in [0.25, 0.3) is 0 Å². The van der Waals surface area contributed by atoms with Crippen LogP contribution >= 0.6 is 11.3 Å². The van der Waals surface area contributed by atoms with Gasteiger partial charge in [-0.2, -0.15) is 0 Å². The summed E-state index contributed by atoms with van der Waals surface area (Å²) < 4.78 is 33.3. The van der Waals surface area contributed by atoms with E-state index in [9.17, 15) is 13.2 Å². The maximum Gasteiger partial charge on any atom is 0.267 e. The van der Waals surface area contributed by atoms with E-state index in [1.807, 2.05) is 0 Å². The summed E-state index contributed by atoms with van der Waals surface area (Å²) in [4.78, 5) is 13.4. The Kier molecular flexibility index (Phi) is 5.79. The van der Waals surface area contributed by atoms with Crippen molar-refractivity contribution in [1.29, 1.82) is 0 Å². The number of anilines is 1. The molecule has 2 heterocycles. The summed E-state index contributed by atoms with van der Waals surface area (Å²) in [5, 5.41) is 6.32. The highest BCUT2D eigenvalue weighted by Gasteiger charge is 2.26. The molecule has 1 amide bonds. The molecule has 0 aromatic carbocycles. The normalized spacial score (nSPS) is 16.4. The molecule has 1 aliphatic carbocycles. The number of aryl methyl sites for hydroxylation is 2. The van der Waals surface area contributed by atoms with Crippen molar-refractivity contribution in [1.82, 2.24) is 9.88 Å². The molecule has 26 heavy (non-hydrogen) atoms. The zero-order valence-electron chi connectivity index (χ0n) is 14.9. The minimum atomic E-state index is -3.64. The first-order valence-electron chi connectivity index (χ1n) is 8.72. The van der Waals surface area contributed by atoms with Crippen LogP contribution in [-0.2, 0) is 10.0 Å². The molecule has 2 aromatic rings. The number of rotatable bonds is 5. The summed E-state index contributed by atoms with van der Waals surface area (Å²) in [5.74, 6) is 0.486. The SMILES string of the molecule is Cc1cc(NC(=O)c2cc(S(=O)(=O)NC3CCCCCC3)c(C)s2)no1. The van der Waals surface area contributed by atoms with Gasteiger partial charge in [0.25, 0.3) is 5.91 Å². The zero-order valence-corrected chi connectivity index (χ0v) is 16.5. The topological polar surface area (TPSA) is 101 Å². The average Bonchev–Trinajstić information content (AvgIpc) is 3.07. The van der Waals surface area contributed by atoms with Gasteiger partial charge in [0.05, 0.1) is 9.77 Å². The maximum atomic E-state index is 12.8. The lowest BCUT2D eigenvalue weighted by Crippen LogP contribution is -2.34. The van der Waals surface area contributed by atoms with Gasteiger partial charge < -0.3 is 9.84 Å². The Balaban J connectivity index is 1.74. The van der Waals surface area contributed by atoms with Crippen molar-refractivity contribution in [3.63, 3.8) is 0 Å². The van der Waals surface area contributed by atoms with Crippen molar-refractivity contribution < 1.29 is 17.7 Å². The second-order valence-electron chi connectivity index (χ2n) is 6.62. The molecule has 0 aliphatic heterocycles. The number of hydrogen-bond acceptors (Lipinski definition) is 6. The molecule has 0 saturated heterocycles. The number of sulfonamides is 1. The van der Waals surface area contributed by atoms with Gasteiger partial charge in [0.2, 0.25) is 10.0 Å². The van der Waals surface area contributed by atoms with E-state index in [0.717, 1.165) is 49.9 Å². The predicted octanol–water partition coefficient (Wildman–Crippen LogP) is 3.61. The average molecular weight is 398 g/mol. The molecule has 0 unspecified atom stereocenters. The van der Waals surface area contributed by atoms with Crippen LogP contribution in [0.15, 0.2) is 21.6 Å². The fourth-order valence-corrected chi connectivity index (χ4v) is 5.92. The predicted molar refractivity (Wildman–Crippen MR) is 100 cm³/mol. The highest BCUT2D eigenvalue weighted by Crippen LogP contribution is 2.28. The molecule has 0 bridgehead atoms. The number of nitrogens with one attached hydrogen (secondary N) is 2. The van der Waals surface area contributed by atoms with Crippen molar-refractivity contribution in [3.8, 4) is 0 Å². The van der Waals surface area contributed by atoms with Crippen LogP contribution < -0.4 is 10.0 Å². The first-order chi connectivity index (χ1) is 12.3. The number of thiophene rings is 1. The van der Waals surface area contributed by atoms with E-state index >= 15 is 0 Å². The number of amides is 1. The van der Waals surface area contributed by atoms with Gasteiger partial charge in [-0.3, -0.25) is 4.79 Å². The van der Waals surface area contributed by atoms with Crippen molar-refractivity contribution in [2.75, 3.05) is 5.32 Å². The van der Waals surface area contributed by atoms with Crippen LogP contribution in [0, 0.1) is 13.8 Å². The molecular formula is C17H23N3O4S2. The molecule has 0 spiro atoms. The van der Waals surface area contributed by atoms with Crippen LogP contribution in [0.2, 0.25) is 0 Å². The molecule has 142 valence electrons. The van der Waals surface area contributed by atoms with Crippen molar-refractivity contribution >= 4 is 33.1 Å². The van der Waals surface area contributed by atoms with Crippen molar-refractivity contribution in [3.05, 3.63) is 27.6 Å². The van der Waals surface area contributed by atoms with Crippen LogP contribution in [-0.4, -0.2) is 25.5 Å². The Hall–Kier alpha value is -1.71. The second kappa shape index (κ2) is 7.89. The Morgan fingerprint density at radius 1 is 1.19 bits per heavy atom. The van der Waals surface area contributed by atoms with E-state index in [1.165, 1.54) is 6.07 Å². The van der Waals surface area contributed by atoms with E-state index < -0.39 is 15.9 Å². The number of aromatic nitrogens is 1. The standard InChI is InChI=1S/C17H23N3O4S2/c1-11-9-16(19-24-11)18-17(21)14-10-15(12(2)25-14)26(22,23)20-13-7-5-3-4-6-8-13/h9-10,13,20H,3-8H2,1-2H3,(H,18,19,21). The molecule has 2 aromatic heterocycles. The summed E-state index contributed by atoms with van der Waals surface area (Å²) in [6.07, 6.45) is 6.12. The molecule has 2 N–H and O–H groups in total. The number of carbonyl (C=O) groups excluding carboxylic acids is 1. The second-order valence-corrected chi connectivity index (χ2v) is 9.56. The highest BCUT2D eigenvalue weighted by atomic mass is 32.2. The van der Waals surface area contributed by atoms with Crippen molar-refractivity contribution in [2.45, 2.75) is 63.3 Å². The summed E-state index contributed by atoms with van der Waals surface area (Å²) in [5.41, 5.74) is 0. The zero-order chi connectivity index (χ0) is 18.7. The summed E-state index contributed by atoms with van der Waals surface area (Å²) in [6, 6.07) is 3.00. The van der Waals surface area contributed by atoms with Gasteiger partial charge in [-0.05, 0) is 32.8 Å². The Morgan fingerprint density at radius 3 is 2.50 bits per heavy atom. The van der Waals surface area contributed by atoms with E-state index in [-0.39, 0.29) is 10.9 Å². The lowest BCUT2D eigenvalue weighted by atomic mass is 10.1. The van der Waals surface area contributed by atoms with Crippen LogP contribution in [0.4, 0.5) is 5.82 Å². The first-order valence-corrected chi connectivity index (χ1v) is 11.0. The van der Waals surface area contributed by atoms with Gasteiger partial charge in [-0.1, -0.05) is 30.8 Å². The summed E-state index contributed by atoms with van der Waals surface area (Å²) >= 11 is 1.15. The quantitative estimate of drug-likeness (QED) is 0.751. The van der Waals surface area contributed by atoms with E-state index in [4.69, 9.17) is 4.52 Å². The molecule has 3 rings (SSSR count). The molecule has 7 nitrogen and oxygen atoms in total. The lowest BCUT2D eigenvalue weighted by Gasteiger charge is -2.16. The van der Waals surface area contributed by atoms with Gasteiger partial charge in [0.15, 0.2) is 5.82 Å². The van der Waals surface area contributed by atoms with E-state index in [2.05, 4.69) is 15.2 Å². The van der Waals surface area contributed by atoms with Crippen molar-refractivity contribution in [2.24, 2.45) is 0 Å². The fourth-order valence-electron chi connectivity index (χ4n) is 3.13. The Bertz CT molecular complexity index is 878. The number of hydrogen-bond donors (Lipinski definition) is 2. The smallest absolute Gasteiger partial charge is 0.267 e. The summed E-state index contributed by atoms with van der Waals surface area (Å²) in [7, 11) is -3.64. The minimum absolute atomic E-state index is 0.0304. The highest BCUT2D eigenvalue weighted by molar-refractivity contribution is 7.89. The summed E-state index contributed by atoms with van der Waals surface area (Å²) in [6.45, 7) is 3.44. The Morgan fingerprint density at radius 2 is 1.88 bits per heavy atom. The largest absolute Gasteiger partial charge is 0.360 e. The third-order valence-corrected chi connectivity index (χ3v) is 7.26. The van der Waals surface area contributed by atoms with E-state index in [1.54, 1.807) is 19.9 Å². The van der Waals surface area contributed by atoms with Gasteiger partial charge in [0.1, 0.15) is 5.76 Å². The fraction of sp³-hybridized carbons (Fsp3) is 0.529. The van der Waals surface area contributed by atoms with Gasteiger partial charge in [-0.25, -0.2) is 13.1 Å². The Labute approximate surface area is 157 Å². The minimum Gasteiger partial charge on any atom is -0.360 e. The van der Waals surface area contributed by atoms with Gasteiger partial charge in [0, 0.05) is 17.0 Å². The third kappa shape index (κ3) is 4.52. The van der Waals surface area contributed by atoms with Crippen LogP contribution in [0.5, 0.6) is 0 Å². The maximum absolute atomic E-state index is 12.8. The molecule has 9 heteroatoms. The lowest BCUT2D eigenvalue weighted by molar-refractivity contribution is 0.102. The van der Waals surface area contributed by atoms with Crippen LogP contribution in [0.3, 0.4) is 0 Å². The molecular weight excluding hydrogens is 374 g/mol. The molecule has 1 aliphatic rings. The number of nitrogens with zero attached hydrogens (tertiary/aromatic N) is 1. The molecule has 0 radical (unpaired) electrons. The van der Waals surface area contributed by atoms with E-state index in [0.29, 0.717) is 21.3 Å². The molecule has 1 fully saturated rings. The monoisotopic (exact) mass is 397 g/mol. The molecule has 1 saturated carbocycles. The van der Waals surface area contributed by atoms with Crippen LogP contribution in [0.1, 0.15) is 58.8 Å².